The lowest BCUT2D eigenvalue weighted by molar-refractivity contribution is 0.0416. The highest BCUT2D eigenvalue weighted by Gasteiger charge is 2.36. The van der Waals surface area contributed by atoms with Gasteiger partial charge in [-0.05, 0) is 46.9 Å². The molecule has 2 heterocycles. The fourth-order valence-corrected chi connectivity index (χ4v) is 4.13. The molecule has 0 saturated carbocycles. The van der Waals surface area contributed by atoms with Crippen LogP contribution in [0.4, 0.5) is 0 Å². The van der Waals surface area contributed by atoms with Crippen LogP contribution in [0.1, 0.15) is 22.8 Å². The number of hydrogen-bond donors (Lipinski definition) is 0. The first-order valence-corrected chi connectivity index (χ1v) is 8.82. The lowest BCUT2D eigenvalue weighted by Gasteiger charge is -2.35. The van der Waals surface area contributed by atoms with Gasteiger partial charge < -0.3 is 23.7 Å². The Morgan fingerprint density at radius 1 is 1.19 bits per heavy atom. The van der Waals surface area contributed by atoms with Crippen LogP contribution < -0.4 is 18.9 Å². The second-order valence-corrected chi connectivity index (χ2v) is 6.63. The molecule has 5 nitrogen and oxygen atoms in total. The van der Waals surface area contributed by atoms with Crippen molar-refractivity contribution in [1.29, 1.82) is 0 Å². The highest BCUT2D eigenvalue weighted by molar-refractivity contribution is 5.85. The zero-order valence-corrected chi connectivity index (χ0v) is 14.7. The van der Waals surface area contributed by atoms with Crippen molar-refractivity contribution in [3.8, 4) is 34.1 Å². The summed E-state index contributed by atoms with van der Waals surface area (Å²) in [5, 5.41) is 0. The molecule has 134 valence electrons. The van der Waals surface area contributed by atoms with E-state index in [1.54, 1.807) is 13.2 Å². The predicted octanol–water partition coefficient (Wildman–Crippen LogP) is 3.83. The number of fused-ring (bicyclic) bond motifs is 3. The fraction of sp³-hybridized carbons (Fsp3) is 0.333. The molecular weight excluding hydrogens is 332 g/mol. The standard InChI is InChI=1S/C21H20O5/c1-3-5-24-21-18(22-2)7-12-4-6-23-17-9-13-8-15-16(26-11-25-15)10-14(13)20(21)19(12)17/h3,7-8,10,17H,1,4-6,9,11H2,2H3. The van der Waals surface area contributed by atoms with E-state index in [9.17, 15) is 0 Å². The Morgan fingerprint density at radius 2 is 2.04 bits per heavy atom. The Labute approximate surface area is 152 Å². The Hall–Kier alpha value is -2.66. The van der Waals surface area contributed by atoms with Gasteiger partial charge in [0.25, 0.3) is 0 Å². The van der Waals surface area contributed by atoms with Crippen LogP contribution in [0, 0.1) is 0 Å². The van der Waals surface area contributed by atoms with E-state index in [0.29, 0.717) is 13.2 Å². The third-order valence-corrected chi connectivity index (χ3v) is 5.22. The molecule has 3 aliphatic rings. The lowest BCUT2D eigenvalue weighted by Crippen LogP contribution is -2.23. The summed E-state index contributed by atoms with van der Waals surface area (Å²) in [6.07, 6.45) is 3.46. The van der Waals surface area contributed by atoms with Crippen LogP contribution in [0.15, 0.2) is 30.9 Å². The van der Waals surface area contributed by atoms with Gasteiger partial charge in [0.1, 0.15) is 6.61 Å². The summed E-state index contributed by atoms with van der Waals surface area (Å²) in [6.45, 7) is 5.15. The van der Waals surface area contributed by atoms with Crippen molar-refractivity contribution in [2.75, 3.05) is 27.1 Å². The molecule has 0 amide bonds. The van der Waals surface area contributed by atoms with Crippen molar-refractivity contribution >= 4 is 0 Å². The molecular formula is C21H20O5. The molecule has 0 fully saturated rings. The van der Waals surface area contributed by atoms with Gasteiger partial charge in [-0.1, -0.05) is 12.7 Å². The molecule has 2 aliphatic heterocycles. The SMILES string of the molecule is C=CCOc1c(OC)cc2c3c1-c1cc4c(cc1CC3OCC2)OCO4. The first-order valence-electron chi connectivity index (χ1n) is 8.82. The van der Waals surface area contributed by atoms with Crippen LogP contribution in [-0.2, 0) is 17.6 Å². The normalized spacial score (nSPS) is 18.7. The van der Waals surface area contributed by atoms with E-state index in [4.69, 9.17) is 23.7 Å². The number of benzene rings is 2. The maximum absolute atomic E-state index is 6.11. The largest absolute Gasteiger partial charge is 0.493 e. The average Bonchev–Trinajstić information content (AvgIpc) is 3.12. The van der Waals surface area contributed by atoms with E-state index < -0.39 is 0 Å². The van der Waals surface area contributed by atoms with Crippen molar-refractivity contribution in [1.82, 2.24) is 0 Å². The number of rotatable bonds is 4. The van der Waals surface area contributed by atoms with E-state index in [2.05, 4.69) is 24.8 Å². The summed E-state index contributed by atoms with van der Waals surface area (Å²) in [6, 6.07) is 6.21. The van der Waals surface area contributed by atoms with Crippen LogP contribution in [0.5, 0.6) is 23.0 Å². The van der Waals surface area contributed by atoms with Gasteiger partial charge in [-0.25, -0.2) is 0 Å². The summed E-state index contributed by atoms with van der Waals surface area (Å²) in [4.78, 5) is 0. The highest BCUT2D eigenvalue weighted by atomic mass is 16.7. The van der Waals surface area contributed by atoms with Gasteiger partial charge >= 0.3 is 0 Å². The monoisotopic (exact) mass is 352 g/mol. The molecule has 5 rings (SSSR count). The average molecular weight is 352 g/mol. The van der Waals surface area contributed by atoms with Crippen LogP contribution in [0.2, 0.25) is 0 Å². The number of hydrogen-bond acceptors (Lipinski definition) is 5. The first-order chi connectivity index (χ1) is 12.8. The van der Waals surface area contributed by atoms with Crippen molar-refractivity contribution in [2.24, 2.45) is 0 Å². The fourth-order valence-electron chi connectivity index (χ4n) is 4.13. The highest BCUT2D eigenvalue weighted by Crippen LogP contribution is 2.54. The molecule has 1 aliphatic carbocycles. The summed E-state index contributed by atoms with van der Waals surface area (Å²) in [7, 11) is 1.68. The van der Waals surface area contributed by atoms with Gasteiger partial charge in [0.05, 0.1) is 19.8 Å². The summed E-state index contributed by atoms with van der Waals surface area (Å²) < 4.78 is 29.0. The van der Waals surface area contributed by atoms with Gasteiger partial charge in [0.2, 0.25) is 6.79 Å². The molecule has 2 aromatic carbocycles. The minimum Gasteiger partial charge on any atom is -0.493 e. The molecule has 0 saturated heterocycles. The molecule has 0 spiro atoms. The zero-order chi connectivity index (χ0) is 17.7. The second-order valence-electron chi connectivity index (χ2n) is 6.63. The van der Waals surface area contributed by atoms with E-state index >= 15 is 0 Å². The zero-order valence-electron chi connectivity index (χ0n) is 14.7. The van der Waals surface area contributed by atoms with E-state index in [0.717, 1.165) is 47.0 Å². The van der Waals surface area contributed by atoms with Crippen LogP contribution in [0.25, 0.3) is 11.1 Å². The van der Waals surface area contributed by atoms with Crippen molar-refractivity contribution < 1.29 is 23.7 Å². The minimum atomic E-state index is 0.0265. The van der Waals surface area contributed by atoms with Crippen LogP contribution in [0.3, 0.4) is 0 Å². The first kappa shape index (κ1) is 15.6. The second kappa shape index (κ2) is 5.95. The van der Waals surface area contributed by atoms with Crippen molar-refractivity contribution in [3.63, 3.8) is 0 Å². The molecule has 1 atom stereocenters. The quantitative estimate of drug-likeness (QED) is 0.783. The topological polar surface area (TPSA) is 46.2 Å². The molecule has 0 radical (unpaired) electrons. The minimum absolute atomic E-state index is 0.0265. The summed E-state index contributed by atoms with van der Waals surface area (Å²) >= 11 is 0. The van der Waals surface area contributed by atoms with Gasteiger partial charge in [0, 0.05) is 12.0 Å². The van der Waals surface area contributed by atoms with E-state index in [-0.39, 0.29) is 12.9 Å². The Kier molecular flexibility index (Phi) is 3.57. The summed E-state index contributed by atoms with van der Waals surface area (Å²) in [5.74, 6) is 3.04. The van der Waals surface area contributed by atoms with Gasteiger partial charge in [-0.15, -0.1) is 0 Å². The molecule has 5 heteroatoms. The Morgan fingerprint density at radius 3 is 2.85 bits per heavy atom. The summed E-state index contributed by atoms with van der Waals surface area (Å²) in [5.41, 5.74) is 5.80. The van der Waals surface area contributed by atoms with Gasteiger partial charge in [-0.2, -0.15) is 0 Å². The maximum Gasteiger partial charge on any atom is 0.231 e. The number of ether oxygens (including phenoxy) is 5. The van der Waals surface area contributed by atoms with Crippen molar-refractivity contribution in [2.45, 2.75) is 18.9 Å². The maximum atomic E-state index is 6.11. The van der Waals surface area contributed by atoms with Crippen molar-refractivity contribution in [3.05, 3.63) is 47.5 Å². The molecule has 2 aromatic rings. The van der Waals surface area contributed by atoms with Gasteiger partial charge in [-0.3, -0.25) is 0 Å². The third-order valence-electron chi connectivity index (χ3n) is 5.22. The molecule has 1 unspecified atom stereocenters. The molecule has 0 aromatic heterocycles. The lowest BCUT2D eigenvalue weighted by atomic mass is 9.79. The van der Waals surface area contributed by atoms with Crippen LogP contribution in [-0.4, -0.2) is 27.1 Å². The number of methoxy groups -OCH3 is 1. The molecule has 0 N–H and O–H groups in total. The van der Waals surface area contributed by atoms with E-state index in [1.165, 1.54) is 16.7 Å². The Balaban J connectivity index is 1.80. The Bertz CT molecular complexity index is 902. The third kappa shape index (κ3) is 2.20. The smallest absolute Gasteiger partial charge is 0.231 e. The molecule has 26 heavy (non-hydrogen) atoms. The van der Waals surface area contributed by atoms with Crippen LogP contribution >= 0.6 is 0 Å². The predicted molar refractivity (Wildman–Crippen MR) is 96.3 cm³/mol. The molecule has 0 bridgehead atoms. The van der Waals surface area contributed by atoms with E-state index in [1.807, 2.05) is 0 Å². The van der Waals surface area contributed by atoms with Gasteiger partial charge in [0.15, 0.2) is 23.0 Å².